The van der Waals surface area contributed by atoms with Gasteiger partial charge >= 0.3 is 5.69 Å². The predicted octanol–water partition coefficient (Wildman–Crippen LogP) is 2.58. The maximum atomic E-state index is 13.2. The molecule has 1 heterocycles. The van der Waals surface area contributed by atoms with Crippen LogP contribution in [0.4, 0.5) is 11.5 Å². The first kappa shape index (κ1) is 21.7. The van der Waals surface area contributed by atoms with Gasteiger partial charge in [0.1, 0.15) is 11.6 Å². The van der Waals surface area contributed by atoms with E-state index in [1.54, 1.807) is 6.07 Å². The summed E-state index contributed by atoms with van der Waals surface area (Å²) in [4.78, 5) is 42.0. The molecule has 30 heavy (non-hydrogen) atoms. The molecule has 0 aliphatic heterocycles. The van der Waals surface area contributed by atoms with E-state index in [0.29, 0.717) is 12.3 Å². The quantitative estimate of drug-likeness (QED) is 0.690. The number of aryl methyl sites for hydroxylation is 1. The van der Waals surface area contributed by atoms with Crippen LogP contribution in [-0.4, -0.2) is 28.1 Å². The Labute approximate surface area is 175 Å². The first-order valence-corrected chi connectivity index (χ1v) is 10.6. The molecule has 162 valence electrons. The Morgan fingerprint density at radius 1 is 1.30 bits per heavy atom. The predicted molar refractivity (Wildman–Crippen MR) is 117 cm³/mol. The van der Waals surface area contributed by atoms with Gasteiger partial charge in [0.05, 0.1) is 0 Å². The number of aromatic nitrogens is 2. The van der Waals surface area contributed by atoms with Crippen LogP contribution in [0.25, 0.3) is 0 Å². The van der Waals surface area contributed by atoms with Gasteiger partial charge in [-0.05, 0) is 43.9 Å². The number of nitrogen functional groups attached to an aromatic ring is 1. The third-order valence-electron chi connectivity index (χ3n) is 5.50. The average Bonchev–Trinajstić information content (AvgIpc) is 3.23. The van der Waals surface area contributed by atoms with Crippen LogP contribution in [0, 0.1) is 6.92 Å². The standard InChI is InChI=1S/C22H30N4O4/c1-3-4-12-25-20(23)19(21(28)24-22(25)29)26(16-9-5-6-10-16)18(27)14-30-17-11-7-8-15(2)13-17/h7-8,11,13,16H,3-6,9-10,12,14,23H2,1-2H3,(H,24,28,29). The highest BCUT2D eigenvalue weighted by atomic mass is 16.5. The molecular weight excluding hydrogens is 384 g/mol. The van der Waals surface area contributed by atoms with Crippen LogP contribution in [0.15, 0.2) is 33.9 Å². The summed E-state index contributed by atoms with van der Waals surface area (Å²) >= 11 is 0. The zero-order valence-corrected chi connectivity index (χ0v) is 17.6. The van der Waals surface area contributed by atoms with E-state index in [1.807, 2.05) is 32.0 Å². The summed E-state index contributed by atoms with van der Waals surface area (Å²) in [6, 6.07) is 7.29. The lowest BCUT2D eigenvalue weighted by Crippen LogP contribution is -2.47. The Kier molecular flexibility index (Phi) is 6.97. The highest BCUT2D eigenvalue weighted by molar-refractivity contribution is 5.97. The highest BCUT2D eigenvalue weighted by Crippen LogP contribution is 2.29. The summed E-state index contributed by atoms with van der Waals surface area (Å²) in [7, 11) is 0. The molecule has 1 aliphatic carbocycles. The summed E-state index contributed by atoms with van der Waals surface area (Å²) in [6.45, 7) is 4.12. The average molecular weight is 415 g/mol. The van der Waals surface area contributed by atoms with Gasteiger partial charge in [0, 0.05) is 12.6 Å². The van der Waals surface area contributed by atoms with E-state index in [4.69, 9.17) is 10.5 Å². The Balaban J connectivity index is 1.95. The first-order valence-electron chi connectivity index (χ1n) is 10.6. The zero-order chi connectivity index (χ0) is 21.7. The van der Waals surface area contributed by atoms with E-state index in [-0.39, 0.29) is 30.1 Å². The summed E-state index contributed by atoms with van der Waals surface area (Å²) < 4.78 is 7.04. The molecule has 0 spiro atoms. The van der Waals surface area contributed by atoms with Gasteiger partial charge in [-0.25, -0.2) is 4.79 Å². The molecule has 1 aromatic carbocycles. The molecule has 3 rings (SSSR count). The van der Waals surface area contributed by atoms with Gasteiger partial charge in [-0.2, -0.15) is 0 Å². The molecule has 1 fully saturated rings. The minimum absolute atomic E-state index is 0.0352. The molecule has 8 nitrogen and oxygen atoms in total. The molecule has 1 aromatic heterocycles. The lowest BCUT2D eigenvalue weighted by atomic mass is 10.2. The van der Waals surface area contributed by atoms with Crippen molar-refractivity contribution in [2.24, 2.45) is 0 Å². The van der Waals surface area contributed by atoms with E-state index in [1.165, 1.54) is 9.47 Å². The lowest BCUT2D eigenvalue weighted by Gasteiger charge is -2.29. The van der Waals surface area contributed by atoms with E-state index in [2.05, 4.69) is 4.98 Å². The van der Waals surface area contributed by atoms with Crippen LogP contribution in [-0.2, 0) is 11.3 Å². The molecule has 1 saturated carbocycles. The van der Waals surface area contributed by atoms with Crippen LogP contribution in [0.3, 0.4) is 0 Å². The first-order chi connectivity index (χ1) is 14.4. The van der Waals surface area contributed by atoms with Gasteiger partial charge in [0.2, 0.25) is 0 Å². The fraction of sp³-hybridized carbons (Fsp3) is 0.500. The molecule has 3 N–H and O–H groups in total. The minimum atomic E-state index is -0.638. The molecule has 1 aliphatic rings. The van der Waals surface area contributed by atoms with Crippen molar-refractivity contribution >= 4 is 17.4 Å². The van der Waals surface area contributed by atoms with Gasteiger partial charge in [-0.3, -0.25) is 24.0 Å². The molecule has 0 saturated heterocycles. The smallest absolute Gasteiger partial charge is 0.330 e. The summed E-state index contributed by atoms with van der Waals surface area (Å²) in [5.74, 6) is 0.277. The number of carbonyl (C=O) groups is 1. The van der Waals surface area contributed by atoms with Crippen molar-refractivity contribution < 1.29 is 9.53 Å². The number of amides is 1. The van der Waals surface area contributed by atoms with Gasteiger partial charge < -0.3 is 10.5 Å². The number of hydrogen-bond donors (Lipinski definition) is 2. The Morgan fingerprint density at radius 3 is 2.70 bits per heavy atom. The van der Waals surface area contributed by atoms with Crippen molar-refractivity contribution in [3.05, 3.63) is 50.7 Å². The van der Waals surface area contributed by atoms with Gasteiger partial charge in [0.15, 0.2) is 12.3 Å². The normalized spacial score (nSPS) is 14.1. The number of hydrogen-bond acceptors (Lipinski definition) is 5. The third kappa shape index (κ3) is 4.75. The molecule has 0 bridgehead atoms. The fourth-order valence-electron chi connectivity index (χ4n) is 3.94. The van der Waals surface area contributed by atoms with Gasteiger partial charge in [0.25, 0.3) is 11.5 Å². The second kappa shape index (κ2) is 9.65. The van der Waals surface area contributed by atoms with Crippen molar-refractivity contribution in [1.82, 2.24) is 9.55 Å². The number of benzene rings is 1. The maximum Gasteiger partial charge on any atom is 0.330 e. The Morgan fingerprint density at radius 2 is 2.03 bits per heavy atom. The largest absolute Gasteiger partial charge is 0.484 e. The molecule has 8 heteroatoms. The van der Waals surface area contributed by atoms with E-state index in [0.717, 1.165) is 44.1 Å². The van der Waals surface area contributed by atoms with Crippen molar-refractivity contribution in [1.29, 1.82) is 0 Å². The molecule has 1 amide bonds. The fourth-order valence-corrected chi connectivity index (χ4v) is 3.94. The molecule has 0 radical (unpaired) electrons. The molecule has 2 aromatic rings. The number of rotatable bonds is 8. The highest BCUT2D eigenvalue weighted by Gasteiger charge is 2.32. The Bertz CT molecular complexity index is 1000. The monoisotopic (exact) mass is 414 g/mol. The summed E-state index contributed by atoms with van der Waals surface area (Å²) in [5, 5.41) is 0. The Hall–Kier alpha value is -3.03. The number of nitrogens with two attached hydrogens (primary N) is 1. The number of nitrogens with zero attached hydrogens (tertiary/aromatic N) is 2. The topological polar surface area (TPSA) is 110 Å². The molecular formula is C22H30N4O4. The summed E-state index contributed by atoms with van der Waals surface area (Å²) in [6.07, 6.45) is 5.12. The van der Waals surface area contributed by atoms with Crippen LogP contribution in [0.5, 0.6) is 5.75 Å². The van der Waals surface area contributed by atoms with Crippen LogP contribution >= 0.6 is 0 Å². The zero-order valence-electron chi connectivity index (χ0n) is 17.6. The van der Waals surface area contributed by atoms with Crippen molar-refractivity contribution in [3.63, 3.8) is 0 Å². The van der Waals surface area contributed by atoms with Gasteiger partial charge in [-0.1, -0.05) is 38.3 Å². The number of nitrogens with one attached hydrogen (secondary N) is 1. The molecule has 0 unspecified atom stereocenters. The number of ether oxygens (including phenoxy) is 1. The number of carbonyl (C=O) groups excluding carboxylic acids is 1. The number of aromatic amines is 1. The lowest BCUT2D eigenvalue weighted by molar-refractivity contribution is -0.121. The van der Waals surface area contributed by atoms with Crippen LogP contribution in [0.1, 0.15) is 51.0 Å². The maximum absolute atomic E-state index is 13.2. The SMILES string of the molecule is CCCCn1c(N)c(N(C(=O)COc2cccc(C)c2)C2CCCC2)c(=O)[nH]c1=O. The van der Waals surface area contributed by atoms with E-state index in [9.17, 15) is 14.4 Å². The number of H-pyrrole nitrogens is 1. The second-order valence-electron chi connectivity index (χ2n) is 7.81. The van der Waals surface area contributed by atoms with Crippen molar-refractivity contribution in [3.8, 4) is 5.75 Å². The number of unbranched alkanes of at least 4 members (excludes halogenated alkanes) is 1. The van der Waals surface area contributed by atoms with Crippen molar-refractivity contribution in [2.75, 3.05) is 17.2 Å². The minimum Gasteiger partial charge on any atom is -0.484 e. The summed E-state index contributed by atoms with van der Waals surface area (Å²) in [5.41, 5.74) is 6.15. The van der Waals surface area contributed by atoms with Crippen molar-refractivity contribution in [2.45, 2.75) is 65.0 Å². The third-order valence-corrected chi connectivity index (χ3v) is 5.50. The molecule has 0 atom stereocenters. The number of anilines is 2. The van der Waals surface area contributed by atoms with E-state index >= 15 is 0 Å². The second-order valence-corrected chi connectivity index (χ2v) is 7.81. The van der Waals surface area contributed by atoms with E-state index < -0.39 is 11.2 Å². The van der Waals surface area contributed by atoms with Crippen LogP contribution in [0.2, 0.25) is 0 Å². The van der Waals surface area contributed by atoms with Gasteiger partial charge in [-0.15, -0.1) is 0 Å². The van der Waals surface area contributed by atoms with Crippen LogP contribution < -0.4 is 26.6 Å².